The van der Waals surface area contributed by atoms with Gasteiger partial charge in [0.1, 0.15) is 11.8 Å². The van der Waals surface area contributed by atoms with E-state index in [1.165, 1.54) is 20.1 Å². The average Bonchev–Trinajstić information content (AvgIpc) is 2.58. The zero-order chi connectivity index (χ0) is 19.3. The second kappa shape index (κ2) is 7.78. The molecule has 0 bridgehead atoms. The number of carbonyl (C=O) groups is 1. The summed E-state index contributed by atoms with van der Waals surface area (Å²) in [7, 11) is 1.47. The van der Waals surface area contributed by atoms with E-state index < -0.39 is 11.7 Å². The molecule has 0 saturated heterocycles. The summed E-state index contributed by atoms with van der Waals surface area (Å²) >= 11 is 0. The van der Waals surface area contributed by atoms with Gasteiger partial charge in [-0.1, -0.05) is 6.07 Å². The molecule has 0 atom stereocenters. The van der Waals surface area contributed by atoms with E-state index in [1.54, 1.807) is 24.3 Å². The Morgan fingerprint density at radius 2 is 1.92 bits per heavy atom. The molecule has 2 rings (SSSR count). The number of amides is 1. The number of hydrogen-bond donors (Lipinski definition) is 2. The van der Waals surface area contributed by atoms with E-state index in [0.29, 0.717) is 11.4 Å². The molecular formula is C18H16F3N3O2. The van der Waals surface area contributed by atoms with E-state index in [4.69, 9.17) is 10.00 Å². The highest BCUT2D eigenvalue weighted by atomic mass is 19.4. The van der Waals surface area contributed by atoms with Crippen LogP contribution in [-0.4, -0.2) is 13.0 Å². The van der Waals surface area contributed by atoms with Crippen LogP contribution in [0, 0.1) is 11.3 Å². The summed E-state index contributed by atoms with van der Waals surface area (Å²) in [5.74, 6) is 0.221. The van der Waals surface area contributed by atoms with Crippen LogP contribution in [0.1, 0.15) is 23.6 Å². The van der Waals surface area contributed by atoms with Crippen molar-refractivity contribution >= 4 is 17.3 Å². The van der Waals surface area contributed by atoms with E-state index in [-0.39, 0.29) is 23.7 Å². The molecule has 0 fully saturated rings. The van der Waals surface area contributed by atoms with Gasteiger partial charge in [0, 0.05) is 13.5 Å². The van der Waals surface area contributed by atoms with Gasteiger partial charge >= 0.3 is 6.18 Å². The number of alkyl halides is 3. The molecule has 5 nitrogen and oxygen atoms in total. The first-order valence-corrected chi connectivity index (χ1v) is 7.54. The minimum atomic E-state index is -4.51. The molecular weight excluding hydrogens is 347 g/mol. The third-order valence-corrected chi connectivity index (χ3v) is 3.52. The maximum Gasteiger partial charge on any atom is 0.416 e. The lowest BCUT2D eigenvalue weighted by molar-refractivity contribution is -0.137. The Labute approximate surface area is 148 Å². The fourth-order valence-corrected chi connectivity index (χ4v) is 2.32. The first-order chi connectivity index (χ1) is 12.2. The number of nitrogens with zero attached hydrogens (tertiary/aromatic N) is 1. The zero-order valence-electron chi connectivity index (χ0n) is 14.1. The number of nitriles is 1. The normalized spacial score (nSPS) is 10.8. The molecule has 0 heterocycles. The van der Waals surface area contributed by atoms with Gasteiger partial charge in [0.25, 0.3) is 0 Å². The van der Waals surface area contributed by atoms with Crippen LogP contribution in [0.2, 0.25) is 0 Å². The van der Waals surface area contributed by atoms with Crippen molar-refractivity contribution in [2.45, 2.75) is 19.6 Å². The lowest BCUT2D eigenvalue weighted by atomic mass is 10.1. The third kappa shape index (κ3) is 4.66. The van der Waals surface area contributed by atoms with Crippen molar-refractivity contribution < 1.29 is 22.7 Å². The van der Waals surface area contributed by atoms with Crippen LogP contribution in [-0.2, 0) is 17.5 Å². The highest BCUT2D eigenvalue weighted by Gasteiger charge is 2.31. The second-order valence-corrected chi connectivity index (χ2v) is 5.44. The molecule has 0 aromatic heterocycles. The van der Waals surface area contributed by atoms with Crippen molar-refractivity contribution in [2.75, 3.05) is 17.7 Å². The molecule has 2 aromatic carbocycles. The highest BCUT2D eigenvalue weighted by molar-refractivity contribution is 5.90. The number of hydrogen-bond acceptors (Lipinski definition) is 4. The fraction of sp³-hybridized carbons (Fsp3) is 0.222. The molecule has 2 N–H and O–H groups in total. The van der Waals surface area contributed by atoms with Gasteiger partial charge < -0.3 is 15.4 Å². The molecule has 1 amide bonds. The standard InChI is InChI=1S/C18H16F3N3O2/c1-11(25)24-16-7-12(3-6-17(16)26-2)10-23-15-5-4-14(18(19,20)21)8-13(15)9-22/h3-8,23H,10H2,1-2H3,(H,24,25). The summed E-state index contributed by atoms with van der Waals surface area (Å²) in [5.41, 5.74) is 0.537. The molecule has 0 aliphatic rings. The summed E-state index contributed by atoms with van der Waals surface area (Å²) < 4.78 is 43.4. The van der Waals surface area contributed by atoms with Crippen molar-refractivity contribution in [3.05, 3.63) is 53.1 Å². The minimum Gasteiger partial charge on any atom is -0.495 e. The van der Waals surface area contributed by atoms with Gasteiger partial charge in [-0.25, -0.2) is 0 Å². The monoisotopic (exact) mass is 363 g/mol. The van der Waals surface area contributed by atoms with Crippen LogP contribution in [0.3, 0.4) is 0 Å². The van der Waals surface area contributed by atoms with E-state index in [1.807, 2.05) is 0 Å². The quantitative estimate of drug-likeness (QED) is 0.837. The molecule has 0 aliphatic heterocycles. The Bertz CT molecular complexity index is 858. The Kier molecular flexibility index (Phi) is 5.72. The average molecular weight is 363 g/mol. The van der Waals surface area contributed by atoms with Crippen LogP contribution < -0.4 is 15.4 Å². The van der Waals surface area contributed by atoms with Crippen molar-refractivity contribution in [2.24, 2.45) is 0 Å². The molecule has 136 valence electrons. The summed E-state index contributed by atoms with van der Waals surface area (Å²) in [6.07, 6.45) is -4.51. The number of anilines is 2. The molecule has 0 unspecified atom stereocenters. The third-order valence-electron chi connectivity index (χ3n) is 3.52. The van der Waals surface area contributed by atoms with Crippen LogP contribution >= 0.6 is 0 Å². The molecule has 0 saturated carbocycles. The van der Waals surface area contributed by atoms with Crippen molar-refractivity contribution in [3.63, 3.8) is 0 Å². The van der Waals surface area contributed by atoms with Crippen molar-refractivity contribution in [1.82, 2.24) is 0 Å². The van der Waals surface area contributed by atoms with E-state index >= 15 is 0 Å². The molecule has 8 heteroatoms. The number of ether oxygens (including phenoxy) is 1. The van der Waals surface area contributed by atoms with Gasteiger partial charge in [0.15, 0.2) is 0 Å². The van der Waals surface area contributed by atoms with Crippen molar-refractivity contribution in [3.8, 4) is 11.8 Å². The number of carbonyl (C=O) groups excluding carboxylic acids is 1. The molecule has 0 aliphatic carbocycles. The van der Waals surface area contributed by atoms with Crippen LogP contribution in [0.15, 0.2) is 36.4 Å². The van der Waals surface area contributed by atoms with Gasteiger partial charge in [0.05, 0.1) is 29.6 Å². The fourth-order valence-electron chi connectivity index (χ4n) is 2.32. The second-order valence-electron chi connectivity index (χ2n) is 5.44. The van der Waals surface area contributed by atoms with Gasteiger partial charge in [-0.3, -0.25) is 4.79 Å². The Balaban J connectivity index is 2.21. The maximum absolute atomic E-state index is 12.7. The predicted octanol–water partition coefficient (Wildman–Crippen LogP) is 4.16. The molecule has 26 heavy (non-hydrogen) atoms. The Hall–Kier alpha value is -3.21. The number of nitrogens with one attached hydrogen (secondary N) is 2. The lowest BCUT2D eigenvalue weighted by Gasteiger charge is -2.14. The first-order valence-electron chi connectivity index (χ1n) is 7.54. The highest BCUT2D eigenvalue weighted by Crippen LogP contribution is 2.32. The van der Waals surface area contributed by atoms with Crippen molar-refractivity contribution in [1.29, 1.82) is 5.26 Å². The van der Waals surface area contributed by atoms with E-state index in [2.05, 4.69) is 10.6 Å². The van der Waals surface area contributed by atoms with Gasteiger partial charge in [-0.05, 0) is 35.9 Å². The topological polar surface area (TPSA) is 74.2 Å². The van der Waals surface area contributed by atoms with Gasteiger partial charge in [-0.15, -0.1) is 0 Å². The van der Waals surface area contributed by atoms with Crippen LogP contribution in [0.4, 0.5) is 24.5 Å². The summed E-state index contributed by atoms with van der Waals surface area (Å²) in [5, 5.41) is 14.7. The number of methoxy groups -OCH3 is 1. The molecule has 0 spiro atoms. The SMILES string of the molecule is COc1ccc(CNc2ccc(C(F)(F)F)cc2C#N)cc1NC(C)=O. The Morgan fingerprint density at radius 3 is 2.50 bits per heavy atom. The van der Waals surface area contributed by atoms with Crippen LogP contribution in [0.25, 0.3) is 0 Å². The summed E-state index contributed by atoms with van der Waals surface area (Å²) in [6, 6.07) is 9.80. The number of benzene rings is 2. The number of rotatable bonds is 5. The van der Waals surface area contributed by atoms with Crippen LogP contribution in [0.5, 0.6) is 5.75 Å². The minimum absolute atomic E-state index is 0.101. The Morgan fingerprint density at radius 1 is 1.19 bits per heavy atom. The smallest absolute Gasteiger partial charge is 0.416 e. The summed E-state index contributed by atoms with van der Waals surface area (Å²) in [4.78, 5) is 11.3. The summed E-state index contributed by atoms with van der Waals surface area (Å²) in [6.45, 7) is 1.61. The van der Waals surface area contributed by atoms with E-state index in [9.17, 15) is 18.0 Å². The number of halogens is 3. The largest absolute Gasteiger partial charge is 0.495 e. The maximum atomic E-state index is 12.7. The van der Waals surface area contributed by atoms with Gasteiger partial charge in [-0.2, -0.15) is 18.4 Å². The zero-order valence-corrected chi connectivity index (χ0v) is 14.1. The van der Waals surface area contributed by atoms with Gasteiger partial charge in [0.2, 0.25) is 5.91 Å². The molecule has 2 aromatic rings. The first kappa shape index (κ1) is 19.1. The lowest BCUT2D eigenvalue weighted by Crippen LogP contribution is -2.09. The predicted molar refractivity (Wildman–Crippen MR) is 90.8 cm³/mol. The van der Waals surface area contributed by atoms with E-state index in [0.717, 1.165) is 17.7 Å². The molecule has 0 radical (unpaired) electrons.